The second kappa shape index (κ2) is 6.62. The lowest BCUT2D eigenvalue weighted by Gasteiger charge is -2.28. The highest BCUT2D eigenvalue weighted by Crippen LogP contribution is 2.18. The quantitative estimate of drug-likeness (QED) is 0.789. The smallest absolute Gasteiger partial charge is 0.291 e. The molecule has 7 heteroatoms. The monoisotopic (exact) mass is 313 g/mol. The molecule has 1 saturated heterocycles. The molecule has 2 heterocycles. The van der Waals surface area contributed by atoms with Gasteiger partial charge in [-0.3, -0.25) is 9.59 Å². The first-order valence-corrected chi connectivity index (χ1v) is 7.56. The standard InChI is InChI=1S/C16H19N5O2/c1-11-10-12(20-15(22)14-18-4-5-19-14)2-3-13(11)16(23)21-8-6-17-7-9-21/h2-5,10,17H,6-9H2,1H3,(H,18,19)(H,20,22). The number of anilines is 1. The van der Waals surface area contributed by atoms with Gasteiger partial charge in [-0.2, -0.15) is 0 Å². The van der Waals surface area contributed by atoms with Crippen molar-refractivity contribution >= 4 is 17.5 Å². The maximum absolute atomic E-state index is 12.5. The first-order valence-electron chi connectivity index (χ1n) is 7.56. The first-order chi connectivity index (χ1) is 11.1. The second-order valence-corrected chi connectivity index (χ2v) is 5.46. The van der Waals surface area contributed by atoms with Gasteiger partial charge in [-0.1, -0.05) is 0 Å². The van der Waals surface area contributed by atoms with Crippen LogP contribution in [0.2, 0.25) is 0 Å². The average Bonchev–Trinajstić information content (AvgIpc) is 3.10. The van der Waals surface area contributed by atoms with Crippen LogP contribution in [-0.4, -0.2) is 52.9 Å². The van der Waals surface area contributed by atoms with Gasteiger partial charge in [-0.05, 0) is 30.7 Å². The summed E-state index contributed by atoms with van der Waals surface area (Å²) in [7, 11) is 0. The number of piperazine rings is 1. The van der Waals surface area contributed by atoms with E-state index in [9.17, 15) is 9.59 Å². The number of hydrogen-bond acceptors (Lipinski definition) is 4. The van der Waals surface area contributed by atoms with E-state index in [4.69, 9.17) is 0 Å². The number of aromatic nitrogens is 2. The number of rotatable bonds is 3. The van der Waals surface area contributed by atoms with Gasteiger partial charge in [-0.25, -0.2) is 4.98 Å². The molecule has 0 unspecified atom stereocenters. The summed E-state index contributed by atoms with van der Waals surface area (Å²) in [5.41, 5.74) is 2.15. The zero-order chi connectivity index (χ0) is 16.2. The Labute approximate surface area is 134 Å². The van der Waals surface area contributed by atoms with Gasteiger partial charge in [0.2, 0.25) is 0 Å². The highest BCUT2D eigenvalue weighted by molar-refractivity contribution is 6.02. The summed E-state index contributed by atoms with van der Waals surface area (Å²) < 4.78 is 0. The second-order valence-electron chi connectivity index (χ2n) is 5.46. The fraction of sp³-hybridized carbons (Fsp3) is 0.312. The van der Waals surface area contributed by atoms with E-state index >= 15 is 0 Å². The minimum atomic E-state index is -0.310. The van der Waals surface area contributed by atoms with E-state index in [1.165, 1.54) is 6.20 Å². The molecule has 2 amide bonds. The fourth-order valence-electron chi connectivity index (χ4n) is 2.60. The molecular formula is C16H19N5O2. The summed E-state index contributed by atoms with van der Waals surface area (Å²) in [4.78, 5) is 33.0. The number of aromatic amines is 1. The highest BCUT2D eigenvalue weighted by atomic mass is 16.2. The number of aryl methyl sites for hydroxylation is 1. The molecule has 2 aromatic rings. The van der Waals surface area contributed by atoms with Gasteiger partial charge in [0.15, 0.2) is 5.82 Å². The Bertz CT molecular complexity index is 705. The van der Waals surface area contributed by atoms with E-state index in [0.717, 1.165) is 31.7 Å². The van der Waals surface area contributed by atoms with E-state index in [1.54, 1.807) is 24.4 Å². The van der Waals surface area contributed by atoms with Crippen molar-refractivity contribution in [2.75, 3.05) is 31.5 Å². The van der Waals surface area contributed by atoms with Gasteiger partial charge in [-0.15, -0.1) is 0 Å². The summed E-state index contributed by atoms with van der Waals surface area (Å²) >= 11 is 0. The van der Waals surface area contributed by atoms with Crippen molar-refractivity contribution in [2.24, 2.45) is 0 Å². The number of nitrogens with zero attached hydrogens (tertiary/aromatic N) is 2. The van der Waals surface area contributed by atoms with Crippen molar-refractivity contribution in [3.63, 3.8) is 0 Å². The Morgan fingerprint density at radius 1 is 1.26 bits per heavy atom. The molecule has 1 aliphatic rings. The zero-order valence-electron chi connectivity index (χ0n) is 12.9. The minimum absolute atomic E-state index is 0.0351. The molecule has 0 saturated carbocycles. The summed E-state index contributed by atoms with van der Waals surface area (Å²) in [6.07, 6.45) is 3.12. The lowest BCUT2D eigenvalue weighted by Crippen LogP contribution is -2.46. The van der Waals surface area contributed by atoms with Crippen molar-refractivity contribution in [1.82, 2.24) is 20.2 Å². The number of carbonyl (C=O) groups is 2. The van der Waals surface area contributed by atoms with E-state index in [-0.39, 0.29) is 17.6 Å². The van der Waals surface area contributed by atoms with Crippen molar-refractivity contribution < 1.29 is 9.59 Å². The Morgan fingerprint density at radius 3 is 2.70 bits per heavy atom. The number of carbonyl (C=O) groups excluding carboxylic acids is 2. The number of benzene rings is 1. The normalized spacial score (nSPS) is 14.6. The molecular weight excluding hydrogens is 294 g/mol. The molecule has 120 valence electrons. The van der Waals surface area contributed by atoms with Crippen LogP contribution in [0.3, 0.4) is 0 Å². The zero-order valence-corrected chi connectivity index (χ0v) is 12.9. The molecule has 1 aromatic carbocycles. The van der Waals surface area contributed by atoms with Gasteiger partial charge in [0.05, 0.1) is 0 Å². The van der Waals surface area contributed by atoms with Crippen LogP contribution in [0.1, 0.15) is 26.5 Å². The highest BCUT2D eigenvalue weighted by Gasteiger charge is 2.19. The number of imidazole rings is 1. The number of amides is 2. The molecule has 3 rings (SSSR count). The summed E-state index contributed by atoms with van der Waals surface area (Å²) in [5, 5.41) is 5.99. The van der Waals surface area contributed by atoms with Gasteiger partial charge in [0.1, 0.15) is 0 Å². The summed E-state index contributed by atoms with van der Waals surface area (Å²) in [6, 6.07) is 5.30. The third-order valence-electron chi connectivity index (χ3n) is 3.83. The van der Waals surface area contributed by atoms with Crippen LogP contribution in [0, 0.1) is 6.92 Å². The van der Waals surface area contributed by atoms with Gasteiger partial charge in [0.25, 0.3) is 11.8 Å². The topological polar surface area (TPSA) is 90.1 Å². The van der Waals surface area contributed by atoms with Gasteiger partial charge < -0.3 is 20.5 Å². The molecule has 7 nitrogen and oxygen atoms in total. The van der Waals surface area contributed by atoms with Gasteiger partial charge in [0, 0.05) is 49.8 Å². The largest absolute Gasteiger partial charge is 0.341 e. The van der Waals surface area contributed by atoms with Crippen molar-refractivity contribution in [2.45, 2.75) is 6.92 Å². The molecule has 0 atom stereocenters. The minimum Gasteiger partial charge on any atom is -0.341 e. The Balaban J connectivity index is 1.72. The lowest BCUT2D eigenvalue weighted by molar-refractivity contribution is 0.0735. The predicted octanol–water partition coefficient (Wildman–Crippen LogP) is 1.02. The molecule has 1 aromatic heterocycles. The maximum atomic E-state index is 12.5. The first kappa shape index (κ1) is 15.2. The van der Waals surface area contributed by atoms with Crippen molar-refractivity contribution in [1.29, 1.82) is 0 Å². The fourth-order valence-corrected chi connectivity index (χ4v) is 2.60. The Morgan fingerprint density at radius 2 is 2.04 bits per heavy atom. The van der Waals surface area contributed by atoms with Crippen LogP contribution < -0.4 is 10.6 Å². The Kier molecular flexibility index (Phi) is 4.38. The molecule has 1 aliphatic heterocycles. The van der Waals surface area contributed by atoms with Crippen molar-refractivity contribution in [3.8, 4) is 0 Å². The number of nitrogens with one attached hydrogen (secondary N) is 3. The van der Waals surface area contributed by atoms with Gasteiger partial charge >= 0.3 is 0 Å². The van der Waals surface area contributed by atoms with Crippen molar-refractivity contribution in [3.05, 3.63) is 47.5 Å². The van der Waals surface area contributed by atoms with E-state index in [2.05, 4.69) is 20.6 Å². The van der Waals surface area contributed by atoms with Crippen LogP contribution in [-0.2, 0) is 0 Å². The van der Waals surface area contributed by atoms with Crippen LogP contribution in [0.25, 0.3) is 0 Å². The molecule has 3 N–H and O–H groups in total. The maximum Gasteiger partial charge on any atom is 0.291 e. The number of H-pyrrole nitrogens is 1. The van der Waals surface area contributed by atoms with E-state index < -0.39 is 0 Å². The molecule has 0 spiro atoms. The van der Waals surface area contributed by atoms with E-state index in [0.29, 0.717) is 11.3 Å². The van der Waals surface area contributed by atoms with Crippen LogP contribution >= 0.6 is 0 Å². The average molecular weight is 313 g/mol. The molecule has 1 fully saturated rings. The molecule has 0 radical (unpaired) electrons. The third-order valence-corrected chi connectivity index (χ3v) is 3.83. The number of hydrogen-bond donors (Lipinski definition) is 3. The predicted molar refractivity (Wildman–Crippen MR) is 86.5 cm³/mol. The van der Waals surface area contributed by atoms with E-state index in [1.807, 2.05) is 11.8 Å². The van der Waals surface area contributed by atoms with Crippen LogP contribution in [0.4, 0.5) is 5.69 Å². The van der Waals surface area contributed by atoms with Crippen LogP contribution in [0.5, 0.6) is 0 Å². The summed E-state index contributed by atoms with van der Waals surface area (Å²) in [5.74, 6) is -0.0212. The molecule has 0 aliphatic carbocycles. The lowest BCUT2D eigenvalue weighted by atomic mass is 10.1. The van der Waals surface area contributed by atoms with Crippen LogP contribution in [0.15, 0.2) is 30.6 Å². The Hall–Kier alpha value is -2.67. The third kappa shape index (κ3) is 3.40. The summed E-state index contributed by atoms with van der Waals surface area (Å²) in [6.45, 7) is 4.95. The molecule has 23 heavy (non-hydrogen) atoms. The SMILES string of the molecule is Cc1cc(NC(=O)c2ncc[nH]2)ccc1C(=O)N1CCNCC1. The molecule has 0 bridgehead atoms.